The summed E-state index contributed by atoms with van der Waals surface area (Å²) in [5.74, 6) is -0.268. The summed E-state index contributed by atoms with van der Waals surface area (Å²) < 4.78 is 34.0. The van der Waals surface area contributed by atoms with Crippen LogP contribution in [-0.2, 0) is 10.0 Å². The van der Waals surface area contributed by atoms with Gasteiger partial charge in [0, 0.05) is 31.2 Å². The normalized spacial score (nSPS) is 21.5. The number of nitrogens with zero attached hydrogens (tertiary/aromatic N) is 2. The molecule has 1 fully saturated rings. The predicted molar refractivity (Wildman–Crippen MR) is 151 cm³/mol. The van der Waals surface area contributed by atoms with E-state index in [0.717, 1.165) is 37.0 Å². The number of rotatable bonds is 8. The molecule has 2 aromatic rings. The number of sulfonamides is 1. The average molecular weight is 579 g/mol. The van der Waals surface area contributed by atoms with Crippen molar-refractivity contribution in [1.82, 2.24) is 14.5 Å². The monoisotopic (exact) mass is 578 g/mol. The largest absolute Gasteiger partial charge is 0.488 e. The first-order chi connectivity index (χ1) is 18.6. The summed E-state index contributed by atoms with van der Waals surface area (Å²) in [6.07, 6.45) is 4.71. The summed E-state index contributed by atoms with van der Waals surface area (Å²) in [5.41, 5.74) is 0.685. The Kier molecular flexibility index (Phi) is 9.52. The third-order valence-corrected chi connectivity index (χ3v) is 10.7. The summed E-state index contributed by atoms with van der Waals surface area (Å²) in [4.78, 5) is 27.9. The van der Waals surface area contributed by atoms with Crippen LogP contribution >= 0.6 is 11.3 Å². The van der Waals surface area contributed by atoms with Crippen molar-refractivity contribution >= 4 is 39.0 Å². The smallest absolute Gasteiger partial charge is 0.319 e. The second-order valence-electron chi connectivity index (χ2n) is 10.5. The maximum atomic E-state index is 13.6. The molecule has 1 aromatic carbocycles. The molecule has 12 heteroatoms. The highest BCUT2D eigenvalue weighted by Gasteiger charge is 2.35. The molecule has 1 saturated carbocycles. The SMILES string of the molecule is C[C@@H]1CN([C@@H](C)CO)C(=O)c2cc(NC(=O)NC3CCCCC3)ccc2O[C@@H]1CN(C)S(=O)(=O)c1cccs1. The molecular formula is C27H38N4O6S2. The fourth-order valence-corrected chi connectivity index (χ4v) is 7.42. The van der Waals surface area contributed by atoms with Gasteiger partial charge in [0.15, 0.2) is 0 Å². The molecule has 0 bridgehead atoms. The van der Waals surface area contributed by atoms with Crippen LogP contribution in [0.1, 0.15) is 56.3 Å². The summed E-state index contributed by atoms with van der Waals surface area (Å²) in [6.45, 7) is 3.76. The molecule has 2 heterocycles. The number of carbonyl (C=O) groups is 2. The molecule has 1 aliphatic heterocycles. The van der Waals surface area contributed by atoms with E-state index in [-0.39, 0.29) is 53.4 Å². The second-order valence-corrected chi connectivity index (χ2v) is 13.7. The molecule has 214 valence electrons. The van der Waals surface area contributed by atoms with Crippen LogP contribution in [0.5, 0.6) is 5.75 Å². The maximum Gasteiger partial charge on any atom is 0.319 e. The highest BCUT2D eigenvalue weighted by molar-refractivity contribution is 7.91. The lowest BCUT2D eigenvalue weighted by molar-refractivity contribution is 0.0387. The van der Waals surface area contributed by atoms with Crippen molar-refractivity contribution in [2.24, 2.45) is 5.92 Å². The van der Waals surface area contributed by atoms with Crippen LogP contribution in [0, 0.1) is 5.92 Å². The molecule has 0 saturated heterocycles. The third kappa shape index (κ3) is 6.92. The summed E-state index contributed by atoms with van der Waals surface area (Å²) in [6, 6.07) is 7.48. The number of amides is 3. The van der Waals surface area contributed by atoms with Gasteiger partial charge >= 0.3 is 6.03 Å². The zero-order chi connectivity index (χ0) is 28.2. The molecule has 0 unspecified atom stereocenters. The topological polar surface area (TPSA) is 128 Å². The molecule has 1 aliphatic carbocycles. The van der Waals surface area contributed by atoms with Crippen LogP contribution in [0.25, 0.3) is 0 Å². The van der Waals surface area contributed by atoms with Gasteiger partial charge < -0.3 is 25.4 Å². The van der Waals surface area contributed by atoms with Crippen molar-refractivity contribution in [3.05, 3.63) is 41.3 Å². The van der Waals surface area contributed by atoms with Crippen LogP contribution in [0.4, 0.5) is 10.5 Å². The highest BCUT2D eigenvalue weighted by Crippen LogP contribution is 2.31. The molecule has 0 spiro atoms. The van der Waals surface area contributed by atoms with Gasteiger partial charge in [-0.15, -0.1) is 11.3 Å². The first kappa shape index (κ1) is 29.3. The number of hydrogen-bond donors (Lipinski definition) is 3. The molecular weight excluding hydrogens is 540 g/mol. The van der Waals surface area contributed by atoms with E-state index >= 15 is 0 Å². The standard InChI is InChI=1S/C27H38N4O6S2/c1-18-15-31(19(2)17-32)26(33)22-14-21(29-27(34)28-20-8-5-4-6-9-20)11-12-23(22)37-24(18)16-30(3)39(35,36)25-10-7-13-38-25/h7,10-14,18-20,24,32H,4-6,8-9,15-17H2,1-3H3,(H2,28,29,34)/t18-,19+,24-/m1/s1. The van der Waals surface area contributed by atoms with E-state index in [9.17, 15) is 23.1 Å². The Bertz CT molecular complexity index is 1250. The van der Waals surface area contributed by atoms with Gasteiger partial charge in [-0.1, -0.05) is 32.3 Å². The Morgan fingerprint density at radius 3 is 2.67 bits per heavy atom. The van der Waals surface area contributed by atoms with Crippen LogP contribution in [-0.4, -0.2) is 79.6 Å². The van der Waals surface area contributed by atoms with Crippen LogP contribution in [0.2, 0.25) is 0 Å². The number of benzene rings is 1. The zero-order valence-electron chi connectivity index (χ0n) is 22.6. The van der Waals surface area contributed by atoms with Gasteiger partial charge in [0.2, 0.25) is 0 Å². The van der Waals surface area contributed by atoms with Crippen molar-refractivity contribution < 1.29 is 27.9 Å². The summed E-state index contributed by atoms with van der Waals surface area (Å²) in [7, 11) is -2.18. The Morgan fingerprint density at radius 2 is 2.00 bits per heavy atom. The van der Waals surface area contributed by atoms with Crippen molar-refractivity contribution in [1.29, 1.82) is 0 Å². The second kappa shape index (κ2) is 12.7. The van der Waals surface area contributed by atoms with Gasteiger partial charge in [-0.25, -0.2) is 13.2 Å². The number of anilines is 1. The first-order valence-electron chi connectivity index (χ1n) is 13.4. The Labute approximate surface area is 234 Å². The van der Waals surface area contributed by atoms with Gasteiger partial charge in [-0.3, -0.25) is 4.79 Å². The molecule has 4 rings (SSSR count). The molecule has 10 nitrogen and oxygen atoms in total. The minimum atomic E-state index is -3.70. The van der Waals surface area contributed by atoms with Gasteiger partial charge in [0.1, 0.15) is 16.1 Å². The van der Waals surface area contributed by atoms with Crippen molar-refractivity contribution in [2.75, 3.05) is 32.1 Å². The van der Waals surface area contributed by atoms with Crippen molar-refractivity contribution in [3.8, 4) is 5.75 Å². The zero-order valence-corrected chi connectivity index (χ0v) is 24.3. The number of nitrogens with one attached hydrogen (secondary N) is 2. The predicted octanol–water partition coefficient (Wildman–Crippen LogP) is 3.74. The van der Waals surface area contributed by atoms with Crippen molar-refractivity contribution in [2.45, 2.75) is 68.3 Å². The summed E-state index contributed by atoms with van der Waals surface area (Å²) >= 11 is 1.15. The minimum Gasteiger partial charge on any atom is -0.488 e. The molecule has 0 radical (unpaired) electrons. The molecule has 3 N–H and O–H groups in total. The Hall–Kier alpha value is -2.67. The maximum absolute atomic E-state index is 13.6. The van der Waals surface area contributed by atoms with Gasteiger partial charge in [0.05, 0.1) is 24.8 Å². The van der Waals surface area contributed by atoms with E-state index < -0.39 is 22.2 Å². The number of fused-ring (bicyclic) bond motifs is 1. The van der Waals surface area contributed by atoms with Crippen LogP contribution in [0.3, 0.4) is 0 Å². The first-order valence-corrected chi connectivity index (χ1v) is 15.7. The fourth-order valence-electron chi connectivity index (χ4n) is 5.03. The molecule has 3 atom stereocenters. The Morgan fingerprint density at radius 1 is 1.26 bits per heavy atom. The number of likely N-dealkylation sites (N-methyl/N-ethyl adjacent to an activating group) is 1. The lowest BCUT2D eigenvalue weighted by atomic mass is 9.96. The van der Waals surface area contributed by atoms with E-state index in [1.807, 2.05) is 6.92 Å². The van der Waals surface area contributed by atoms with E-state index in [2.05, 4.69) is 10.6 Å². The molecule has 39 heavy (non-hydrogen) atoms. The number of urea groups is 1. The number of ether oxygens (including phenoxy) is 1. The number of carbonyl (C=O) groups excluding carboxylic acids is 2. The molecule has 2 aliphatic rings. The van der Waals surface area contributed by atoms with Gasteiger partial charge in [-0.05, 0) is 49.4 Å². The number of aliphatic hydroxyl groups is 1. The minimum absolute atomic E-state index is 0.0696. The number of aliphatic hydroxyl groups excluding tert-OH is 1. The van der Waals surface area contributed by atoms with Gasteiger partial charge in [0.25, 0.3) is 15.9 Å². The van der Waals surface area contributed by atoms with E-state index in [1.54, 1.807) is 47.5 Å². The Balaban J connectivity index is 1.58. The van der Waals surface area contributed by atoms with Crippen LogP contribution < -0.4 is 15.4 Å². The quantitative estimate of drug-likeness (QED) is 0.438. The highest BCUT2D eigenvalue weighted by atomic mass is 32.2. The number of thiophene rings is 1. The van der Waals surface area contributed by atoms with E-state index in [1.165, 1.54) is 17.8 Å². The summed E-state index contributed by atoms with van der Waals surface area (Å²) in [5, 5.41) is 17.4. The molecule has 1 aromatic heterocycles. The number of hydrogen-bond acceptors (Lipinski definition) is 7. The van der Waals surface area contributed by atoms with Crippen molar-refractivity contribution in [3.63, 3.8) is 0 Å². The fraction of sp³-hybridized carbons (Fsp3) is 0.556. The molecule has 3 amide bonds. The third-order valence-electron chi connectivity index (χ3n) is 7.46. The van der Waals surface area contributed by atoms with E-state index in [0.29, 0.717) is 11.4 Å². The van der Waals surface area contributed by atoms with Gasteiger partial charge in [-0.2, -0.15) is 4.31 Å². The lowest BCUT2D eigenvalue weighted by Crippen LogP contribution is -2.50. The lowest BCUT2D eigenvalue weighted by Gasteiger charge is -2.38. The van der Waals surface area contributed by atoms with Crippen LogP contribution in [0.15, 0.2) is 39.9 Å². The average Bonchev–Trinajstić information content (AvgIpc) is 3.47. The van der Waals surface area contributed by atoms with E-state index in [4.69, 9.17) is 4.74 Å².